The van der Waals surface area contributed by atoms with Crippen LogP contribution in [0.2, 0.25) is 10.0 Å². The third-order valence-corrected chi connectivity index (χ3v) is 2.43. The molecule has 18 heavy (non-hydrogen) atoms. The molecule has 0 aliphatic rings. The third kappa shape index (κ3) is 3.15. The van der Waals surface area contributed by atoms with E-state index in [4.69, 9.17) is 37.6 Å². The molecule has 0 bridgehead atoms. The molecule has 5 nitrogen and oxygen atoms in total. The van der Waals surface area contributed by atoms with Crippen molar-refractivity contribution in [3.05, 3.63) is 45.8 Å². The number of carbonyl (C=O) groups is 1. The number of carboxylic acids is 1. The van der Waals surface area contributed by atoms with E-state index in [0.717, 1.165) is 0 Å². The number of hydrogen-bond acceptors (Lipinski definition) is 4. The number of aromatic carboxylic acids is 1. The van der Waals surface area contributed by atoms with E-state index in [1.165, 1.54) is 6.07 Å². The minimum Gasteiger partial charge on any atom is -0.485 e. The van der Waals surface area contributed by atoms with Gasteiger partial charge in [0.05, 0.1) is 0 Å². The van der Waals surface area contributed by atoms with Crippen molar-refractivity contribution in [2.75, 3.05) is 0 Å². The van der Waals surface area contributed by atoms with Crippen molar-refractivity contribution in [2.24, 2.45) is 0 Å². The second kappa shape index (κ2) is 5.29. The van der Waals surface area contributed by atoms with E-state index < -0.39 is 5.97 Å². The van der Waals surface area contributed by atoms with Crippen LogP contribution in [0.15, 0.2) is 28.8 Å². The lowest BCUT2D eigenvalue weighted by atomic mass is 10.3. The van der Waals surface area contributed by atoms with Gasteiger partial charge in [-0.15, -0.1) is 0 Å². The second-order valence-corrected chi connectivity index (χ2v) is 4.25. The van der Waals surface area contributed by atoms with Crippen LogP contribution in [0.1, 0.15) is 16.2 Å². The monoisotopic (exact) mass is 287 g/mol. The Morgan fingerprint density at radius 2 is 1.94 bits per heavy atom. The minimum atomic E-state index is -1.16. The summed E-state index contributed by atoms with van der Waals surface area (Å²) in [6.07, 6.45) is 0. The van der Waals surface area contributed by atoms with E-state index in [9.17, 15) is 4.79 Å². The van der Waals surface area contributed by atoms with Crippen molar-refractivity contribution >= 4 is 29.2 Å². The van der Waals surface area contributed by atoms with Crippen LogP contribution in [-0.4, -0.2) is 16.2 Å². The molecular formula is C11H7Cl2NO4. The van der Waals surface area contributed by atoms with Gasteiger partial charge in [-0.1, -0.05) is 28.4 Å². The quantitative estimate of drug-likeness (QED) is 0.934. The molecule has 2 rings (SSSR count). The van der Waals surface area contributed by atoms with Gasteiger partial charge >= 0.3 is 5.97 Å². The van der Waals surface area contributed by atoms with E-state index in [-0.39, 0.29) is 12.3 Å². The van der Waals surface area contributed by atoms with Crippen molar-refractivity contribution in [2.45, 2.75) is 6.61 Å². The lowest BCUT2D eigenvalue weighted by molar-refractivity contribution is 0.0685. The molecule has 0 aliphatic carbocycles. The Morgan fingerprint density at radius 1 is 1.28 bits per heavy atom. The number of halogens is 2. The summed E-state index contributed by atoms with van der Waals surface area (Å²) in [5.41, 5.74) is -0.169. The van der Waals surface area contributed by atoms with Crippen LogP contribution >= 0.6 is 23.2 Å². The Balaban J connectivity index is 2.04. The smallest absolute Gasteiger partial charge is 0.358 e. The van der Waals surface area contributed by atoms with Crippen molar-refractivity contribution in [1.29, 1.82) is 0 Å². The van der Waals surface area contributed by atoms with Gasteiger partial charge < -0.3 is 14.4 Å². The molecule has 2 aromatic rings. The van der Waals surface area contributed by atoms with Crippen LogP contribution in [0.25, 0.3) is 0 Å². The van der Waals surface area contributed by atoms with Gasteiger partial charge in [0.2, 0.25) is 0 Å². The minimum absolute atomic E-state index is 0.0386. The molecule has 0 amide bonds. The Labute approximate surface area is 112 Å². The van der Waals surface area contributed by atoms with Crippen molar-refractivity contribution in [3.8, 4) is 5.75 Å². The fraction of sp³-hybridized carbons (Fsp3) is 0.0909. The summed E-state index contributed by atoms with van der Waals surface area (Å²) in [6.45, 7) is 0.0386. The molecule has 7 heteroatoms. The van der Waals surface area contributed by atoms with Gasteiger partial charge in [-0.3, -0.25) is 0 Å². The molecule has 1 N–H and O–H groups in total. The van der Waals surface area contributed by atoms with Gasteiger partial charge in [0.25, 0.3) is 0 Å². The molecule has 0 spiro atoms. The van der Waals surface area contributed by atoms with Crippen LogP contribution in [0.5, 0.6) is 5.75 Å². The zero-order valence-corrected chi connectivity index (χ0v) is 10.4. The summed E-state index contributed by atoms with van der Waals surface area (Å²) in [5.74, 6) is -0.403. The Hall–Kier alpha value is -1.72. The number of aromatic nitrogens is 1. The highest BCUT2D eigenvalue weighted by Gasteiger charge is 2.11. The van der Waals surface area contributed by atoms with Crippen molar-refractivity contribution < 1.29 is 19.2 Å². The third-order valence-electron chi connectivity index (χ3n) is 2.00. The van der Waals surface area contributed by atoms with E-state index >= 15 is 0 Å². The largest absolute Gasteiger partial charge is 0.485 e. The van der Waals surface area contributed by atoms with Gasteiger partial charge in [-0.25, -0.2) is 4.79 Å². The SMILES string of the molecule is O=C(O)c1cc(COc2cc(Cl)cc(Cl)c2)on1. The standard InChI is InChI=1S/C11H7Cl2NO4/c12-6-1-7(13)3-8(2-6)17-5-9-4-10(11(15)16)14-18-9/h1-4H,5H2,(H,15,16). The van der Waals surface area contributed by atoms with Crippen molar-refractivity contribution in [1.82, 2.24) is 5.16 Å². The maximum absolute atomic E-state index is 10.6. The molecule has 0 saturated heterocycles. The number of hydrogen-bond donors (Lipinski definition) is 1. The Kier molecular flexibility index (Phi) is 3.74. The fourth-order valence-electron chi connectivity index (χ4n) is 1.25. The first-order valence-corrected chi connectivity index (χ1v) is 5.58. The highest BCUT2D eigenvalue weighted by Crippen LogP contribution is 2.24. The molecule has 0 atom stereocenters. The Bertz CT molecular complexity index is 562. The molecule has 1 aromatic heterocycles. The zero-order valence-electron chi connectivity index (χ0n) is 8.89. The van der Waals surface area contributed by atoms with E-state index in [1.807, 2.05) is 0 Å². The molecule has 0 radical (unpaired) electrons. The average molecular weight is 288 g/mol. The lowest BCUT2D eigenvalue weighted by Crippen LogP contribution is -1.96. The first-order valence-electron chi connectivity index (χ1n) is 4.82. The van der Waals surface area contributed by atoms with Crippen molar-refractivity contribution in [3.63, 3.8) is 0 Å². The first kappa shape index (κ1) is 12.7. The predicted molar refractivity (Wildman–Crippen MR) is 64.3 cm³/mol. The first-order chi connectivity index (χ1) is 8.54. The zero-order chi connectivity index (χ0) is 13.1. The van der Waals surface area contributed by atoms with Crippen LogP contribution in [0, 0.1) is 0 Å². The van der Waals surface area contributed by atoms with Crippen LogP contribution in [0.4, 0.5) is 0 Å². The summed E-state index contributed by atoms with van der Waals surface area (Å²) < 4.78 is 10.1. The highest BCUT2D eigenvalue weighted by molar-refractivity contribution is 6.34. The topological polar surface area (TPSA) is 72.6 Å². The number of benzene rings is 1. The molecule has 0 saturated carbocycles. The molecule has 0 unspecified atom stereocenters. The summed E-state index contributed by atoms with van der Waals surface area (Å²) in [7, 11) is 0. The van der Waals surface area contributed by atoms with E-state index in [1.54, 1.807) is 18.2 Å². The lowest BCUT2D eigenvalue weighted by Gasteiger charge is -2.04. The van der Waals surface area contributed by atoms with Gasteiger partial charge in [-0.2, -0.15) is 0 Å². The summed E-state index contributed by atoms with van der Waals surface area (Å²) in [5, 5.41) is 12.9. The summed E-state index contributed by atoms with van der Waals surface area (Å²) in [6, 6.07) is 6.03. The molecule has 1 aromatic carbocycles. The number of nitrogens with zero attached hydrogens (tertiary/aromatic N) is 1. The second-order valence-electron chi connectivity index (χ2n) is 3.38. The van der Waals surface area contributed by atoms with Gasteiger partial charge in [0.15, 0.2) is 11.5 Å². The maximum atomic E-state index is 10.6. The number of ether oxygens (including phenoxy) is 1. The summed E-state index contributed by atoms with van der Waals surface area (Å²) >= 11 is 11.6. The molecular weight excluding hydrogens is 281 g/mol. The van der Waals surface area contributed by atoms with Gasteiger partial charge in [-0.05, 0) is 18.2 Å². The maximum Gasteiger partial charge on any atom is 0.358 e. The normalized spacial score (nSPS) is 10.3. The molecule has 1 heterocycles. The highest BCUT2D eigenvalue weighted by atomic mass is 35.5. The number of rotatable bonds is 4. The summed E-state index contributed by atoms with van der Waals surface area (Å²) in [4.78, 5) is 10.6. The van der Waals surface area contributed by atoms with Gasteiger partial charge in [0, 0.05) is 16.1 Å². The van der Waals surface area contributed by atoms with E-state index in [0.29, 0.717) is 21.6 Å². The fourth-order valence-corrected chi connectivity index (χ4v) is 1.75. The van der Waals surface area contributed by atoms with E-state index in [2.05, 4.69) is 5.16 Å². The average Bonchev–Trinajstić information content (AvgIpc) is 2.73. The van der Waals surface area contributed by atoms with Crippen LogP contribution < -0.4 is 4.74 Å². The van der Waals surface area contributed by atoms with Crippen LogP contribution in [-0.2, 0) is 6.61 Å². The molecule has 94 valence electrons. The molecule has 0 fully saturated rings. The van der Waals surface area contributed by atoms with Gasteiger partial charge in [0.1, 0.15) is 12.4 Å². The van der Waals surface area contributed by atoms with Crippen LogP contribution in [0.3, 0.4) is 0 Å². The predicted octanol–water partition coefficient (Wildman–Crippen LogP) is 3.26. The number of carboxylic acid groups (broad SMARTS) is 1. The Morgan fingerprint density at radius 3 is 2.50 bits per heavy atom. The molecule has 0 aliphatic heterocycles.